The van der Waals surface area contributed by atoms with E-state index >= 15 is 0 Å². The molecule has 0 saturated carbocycles. The molecule has 0 atom stereocenters. The number of pyridine rings is 1. The number of nitrogens with zero attached hydrogens (tertiary/aromatic N) is 3. The summed E-state index contributed by atoms with van der Waals surface area (Å²) in [6, 6.07) is 13.6. The molecule has 0 fully saturated rings. The van der Waals surface area contributed by atoms with Crippen LogP contribution >= 0.6 is 0 Å². The topological polar surface area (TPSA) is 106 Å². The Morgan fingerprint density at radius 2 is 2.00 bits per heavy atom. The lowest BCUT2D eigenvalue weighted by atomic mass is 10.1. The highest BCUT2D eigenvalue weighted by Crippen LogP contribution is 2.25. The normalized spacial score (nSPS) is 10.9. The van der Waals surface area contributed by atoms with E-state index in [9.17, 15) is 14.9 Å². The maximum atomic E-state index is 13.0. The fourth-order valence-corrected chi connectivity index (χ4v) is 2.59. The van der Waals surface area contributed by atoms with Gasteiger partial charge in [-0.15, -0.1) is 6.58 Å². The minimum atomic E-state index is -0.634. The van der Waals surface area contributed by atoms with Crippen molar-refractivity contribution in [1.82, 2.24) is 14.7 Å². The molecule has 0 spiro atoms. The predicted octanol–water partition coefficient (Wildman–Crippen LogP) is 2.70. The standard InChI is InChI=1S/C22H18N4O4/c1-3-11-24-20(27)15(14-23)13-18-21(30-17-9-7-16(29-2)8-10-17)25-19-6-4-5-12-26(19)22(18)28/h3-10,12-13H,1,11H2,2H3,(H,24,27). The van der Waals surface area contributed by atoms with E-state index in [0.717, 1.165) is 0 Å². The summed E-state index contributed by atoms with van der Waals surface area (Å²) in [6.07, 6.45) is 4.20. The molecule has 0 radical (unpaired) electrons. The van der Waals surface area contributed by atoms with Crippen LogP contribution in [0, 0.1) is 11.3 Å². The number of fused-ring (bicyclic) bond motifs is 1. The van der Waals surface area contributed by atoms with Gasteiger partial charge in [-0.25, -0.2) is 0 Å². The van der Waals surface area contributed by atoms with Crippen LogP contribution in [0.15, 0.2) is 71.7 Å². The highest BCUT2D eigenvalue weighted by Gasteiger charge is 2.17. The highest BCUT2D eigenvalue weighted by molar-refractivity contribution is 6.02. The maximum Gasteiger partial charge on any atom is 0.269 e. The van der Waals surface area contributed by atoms with E-state index in [1.54, 1.807) is 55.8 Å². The van der Waals surface area contributed by atoms with E-state index in [2.05, 4.69) is 16.9 Å². The van der Waals surface area contributed by atoms with Crippen LogP contribution in [0.4, 0.5) is 0 Å². The number of amides is 1. The molecule has 2 heterocycles. The highest BCUT2D eigenvalue weighted by atomic mass is 16.5. The summed E-state index contributed by atoms with van der Waals surface area (Å²) < 4.78 is 12.3. The molecule has 0 aliphatic rings. The molecule has 3 rings (SSSR count). The monoisotopic (exact) mass is 402 g/mol. The third-order valence-electron chi connectivity index (χ3n) is 4.07. The lowest BCUT2D eigenvalue weighted by Crippen LogP contribution is -2.25. The fraction of sp³-hybridized carbons (Fsp3) is 0.0909. The van der Waals surface area contributed by atoms with Gasteiger partial charge >= 0.3 is 0 Å². The molecule has 30 heavy (non-hydrogen) atoms. The second-order valence-electron chi connectivity index (χ2n) is 6.01. The van der Waals surface area contributed by atoms with Crippen LogP contribution in [0.2, 0.25) is 0 Å². The number of benzene rings is 1. The van der Waals surface area contributed by atoms with Gasteiger partial charge in [-0.2, -0.15) is 10.2 Å². The van der Waals surface area contributed by atoms with Crippen LogP contribution in [-0.4, -0.2) is 28.9 Å². The van der Waals surface area contributed by atoms with E-state index in [4.69, 9.17) is 9.47 Å². The Morgan fingerprint density at radius 3 is 2.67 bits per heavy atom. The van der Waals surface area contributed by atoms with E-state index in [0.29, 0.717) is 17.1 Å². The van der Waals surface area contributed by atoms with E-state index in [1.165, 1.54) is 16.6 Å². The number of ether oxygens (including phenoxy) is 2. The average Bonchev–Trinajstić information content (AvgIpc) is 2.78. The summed E-state index contributed by atoms with van der Waals surface area (Å²) in [4.78, 5) is 29.7. The molecule has 2 aromatic heterocycles. The Hall–Kier alpha value is -4.38. The third kappa shape index (κ3) is 4.36. The first-order valence-corrected chi connectivity index (χ1v) is 8.91. The number of nitrogens with one attached hydrogen (secondary N) is 1. The molecule has 0 unspecified atom stereocenters. The Morgan fingerprint density at radius 1 is 1.27 bits per heavy atom. The summed E-state index contributed by atoms with van der Waals surface area (Å²) in [5, 5.41) is 11.9. The van der Waals surface area contributed by atoms with Crippen molar-refractivity contribution in [1.29, 1.82) is 5.26 Å². The molecule has 3 aromatic rings. The second kappa shape index (κ2) is 9.21. The minimum Gasteiger partial charge on any atom is -0.497 e. The Balaban J connectivity index is 2.13. The molecule has 150 valence electrons. The first kappa shape index (κ1) is 20.4. The zero-order chi connectivity index (χ0) is 21.5. The molecule has 0 saturated heterocycles. The van der Waals surface area contributed by atoms with Gasteiger partial charge < -0.3 is 14.8 Å². The number of hydrogen-bond acceptors (Lipinski definition) is 6. The lowest BCUT2D eigenvalue weighted by molar-refractivity contribution is -0.116. The van der Waals surface area contributed by atoms with Crippen LogP contribution < -0.4 is 20.3 Å². The van der Waals surface area contributed by atoms with Crippen molar-refractivity contribution in [3.05, 3.63) is 82.8 Å². The zero-order valence-electron chi connectivity index (χ0n) is 16.2. The van der Waals surface area contributed by atoms with E-state index < -0.39 is 11.5 Å². The number of aromatic nitrogens is 2. The van der Waals surface area contributed by atoms with Crippen molar-refractivity contribution in [2.45, 2.75) is 0 Å². The molecule has 8 nitrogen and oxygen atoms in total. The summed E-state index contributed by atoms with van der Waals surface area (Å²) in [7, 11) is 1.55. The van der Waals surface area contributed by atoms with Crippen molar-refractivity contribution in [3.8, 4) is 23.4 Å². The average molecular weight is 402 g/mol. The number of rotatable bonds is 7. The van der Waals surface area contributed by atoms with Gasteiger partial charge in [-0.1, -0.05) is 12.1 Å². The van der Waals surface area contributed by atoms with Crippen LogP contribution in [0.25, 0.3) is 11.7 Å². The maximum absolute atomic E-state index is 13.0. The van der Waals surface area contributed by atoms with Crippen LogP contribution in [0.3, 0.4) is 0 Å². The summed E-state index contributed by atoms with van der Waals surface area (Å²) in [5.74, 6) is 0.387. The summed E-state index contributed by atoms with van der Waals surface area (Å²) >= 11 is 0. The van der Waals surface area contributed by atoms with Crippen molar-refractivity contribution in [2.24, 2.45) is 0 Å². The molecule has 0 aliphatic carbocycles. The van der Waals surface area contributed by atoms with Crippen molar-refractivity contribution in [2.75, 3.05) is 13.7 Å². The summed E-state index contributed by atoms with van der Waals surface area (Å²) in [6.45, 7) is 3.70. The van der Waals surface area contributed by atoms with Gasteiger partial charge in [0.1, 0.15) is 34.4 Å². The van der Waals surface area contributed by atoms with Crippen molar-refractivity contribution in [3.63, 3.8) is 0 Å². The molecule has 1 amide bonds. The van der Waals surface area contributed by atoms with E-state index in [-0.39, 0.29) is 23.6 Å². The van der Waals surface area contributed by atoms with Gasteiger partial charge in [-0.05, 0) is 42.5 Å². The molecule has 0 aliphatic heterocycles. The zero-order valence-corrected chi connectivity index (χ0v) is 16.2. The van der Waals surface area contributed by atoms with Crippen LogP contribution in [-0.2, 0) is 4.79 Å². The number of methoxy groups -OCH3 is 1. The molecule has 8 heteroatoms. The molecule has 0 bridgehead atoms. The smallest absolute Gasteiger partial charge is 0.269 e. The first-order valence-electron chi connectivity index (χ1n) is 8.91. The fourth-order valence-electron chi connectivity index (χ4n) is 2.59. The number of hydrogen-bond donors (Lipinski definition) is 1. The number of carbonyl (C=O) groups excluding carboxylic acids is 1. The van der Waals surface area contributed by atoms with Crippen LogP contribution in [0.5, 0.6) is 17.4 Å². The van der Waals surface area contributed by atoms with Gasteiger partial charge in [0.15, 0.2) is 0 Å². The van der Waals surface area contributed by atoms with Gasteiger partial charge in [-0.3, -0.25) is 14.0 Å². The van der Waals surface area contributed by atoms with Crippen LogP contribution in [0.1, 0.15) is 5.56 Å². The van der Waals surface area contributed by atoms with Crippen molar-refractivity contribution >= 4 is 17.6 Å². The first-order chi connectivity index (χ1) is 14.6. The quantitative estimate of drug-likeness (QED) is 0.370. The molecule has 1 aromatic carbocycles. The Bertz CT molecular complexity index is 1220. The minimum absolute atomic E-state index is 0.0272. The van der Waals surface area contributed by atoms with E-state index in [1.807, 2.05) is 6.07 Å². The van der Waals surface area contributed by atoms with Crippen molar-refractivity contribution < 1.29 is 14.3 Å². The second-order valence-corrected chi connectivity index (χ2v) is 6.01. The molecular formula is C22H18N4O4. The lowest BCUT2D eigenvalue weighted by Gasteiger charge is -2.10. The number of carbonyl (C=O) groups is 1. The third-order valence-corrected chi connectivity index (χ3v) is 4.07. The largest absolute Gasteiger partial charge is 0.497 e. The Labute approximate surface area is 172 Å². The number of nitriles is 1. The SMILES string of the molecule is C=CCNC(=O)C(C#N)=Cc1c(Oc2ccc(OC)cc2)nc2ccccn2c1=O. The van der Waals surface area contributed by atoms with Gasteiger partial charge in [0.2, 0.25) is 5.88 Å². The molecule has 1 N–H and O–H groups in total. The predicted molar refractivity (Wildman–Crippen MR) is 111 cm³/mol. The van der Waals surface area contributed by atoms with Gasteiger partial charge in [0.05, 0.1) is 7.11 Å². The van der Waals surface area contributed by atoms with Gasteiger partial charge in [0.25, 0.3) is 11.5 Å². The molecular weight excluding hydrogens is 384 g/mol. The van der Waals surface area contributed by atoms with Gasteiger partial charge in [0, 0.05) is 12.7 Å². The Kier molecular flexibility index (Phi) is 6.25. The summed E-state index contributed by atoms with van der Waals surface area (Å²) in [5.41, 5.74) is -0.405.